The molecule has 2 N–H and O–H groups in total. The quantitative estimate of drug-likeness (QED) is 0.691. The van der Waals surface area contributed by atoms with Gasteiger partial charge >= 0.3 is 0 Å². The van der Waals surface area contributed by atoms with Crippen LogP contribution in [-0.4, -0.2) is 60.9 Å². The highest BCUT2D eigenvalue weighted by atomic mass is 16.5. The van der Waals surface area contributed by atoms with Gasteiger partial charge in [0.2, 0.25) is 5.91 Å². The molecule has 5 heteroatoms. The summed E-state index contributed by atoms with van der Waals surface area (Å²) in [6.07, 6.45) is 1.33. The van der Waals surface area contributed by atoms with E-state index in [4.69, 9.17) is 4.74 Å². The molecular weight excluding hydrogens is 220 g/mol. The van der Waals surface area contributed by atoms with Gasteiger partial charge in [0.05, 0.1) is 24.7 Å². The van der Waals surface area contributed by atoms with Crippen molar-refractivity contribution >= 4 is 5.91 Å². The van der Waals surface area contributed by atoms with Crippen molar-refractivity contribution in [1.82, 2.24) is 10.2 Å². The molecule has 2 saturated heterocycles. The van der Waals surface area contributed by atoms with Gasteiger partial charge in [0.1, 0.15) is 0 Å². The summed E-state index contributed by atoms with van der Waals surface area (Å²) in [4.78, 5) is 14.2. The van der Waals surface area contributed by atoms with Gasteiger partial charge in [-0.1, -0.05) is 0 Å². The van der Waals surface area contributed by atoms with Crippen LogP contribution in [0.15, 0.2) is 0 Å². The van der Waals surface area contributed by atoms with E-state index in [-0.39, 0.29) is 17.9 Å². The van der Waals surface area contributed by atoms with E-state index >= 15 is 0 Å². The molecule has 2 heterocycles. The number of nitrogens with one attached hydrogen (secondary N) is 1. The van der Waals surface area contributed by atoms with Crippen LogP contribution in [0.1, 0.15) is 19.8 Å². The Labute approximate surface area is 102 Å². The summed E-state index contributed by atoms with van der Waals surface area (Å²) < 4.78 is 5.35. The van der Waals surface area contributed by atoms with Crippen LogP contribution in [0, 0.1) is 5.92 Å². The number of likely N-dealkylation sites (N-methyl/N-ethyl adjacent to an activating group) is 1. The molecule has 5 nitrogen and oxygen atoms in total. The molecule has 0 aliphatic carbocycles. The summed E-state index contributed by atoms with van der Waals surface area (Å²) in [6.45, 7) is 4.26. The summed E-state index contributed by atoms with van der Waals surface area (Å²) in [6, 6.07) is 0.130. The number of amides is 1. The van der Waals surface area contributed by atoms with Crippen molar-refractivity contribution in [2.24, 2.45) is 5.92 Å². The Kier molecular flexibility index (Phi) is 3.70. The lowest BCUT2D eigenvalue weighted by Crippen LogP contribution is -2.50. The second-order valence-corrected chi connectivity index (χ2v) is 5.36. The van der Waals surface area contributed by atoms with Crippen LogP contribution in [0.3, 0.4) is 0 Å². The van der Waals surface area contributed by atoms with Crippen LogP contribution in [0.4, 0.5) is 0 Å². The van der Waals surface area contributed by atoms with Crippen LogP contribution in [0.5, 0.6) is 0 Å². The van der Waals surface area contributed by atoms with E-state index in [0.717, 1.165) is 0 Å². The molecule has 0 radical (unpaired) electrons. The van der Waals surface area contributed by atoms with E-state index in [9.17, 15) is 9.90 Å². The largest absolute Gasteiger partial charge is 0.390 e. The fourth-order valence-electron chi connectivity index (χ4n) is 2.53. The van der Waals surface area contributed by atoms with Gasteiger partial charge in [-0.05, 0) is 26.8 Å². The zero-order valence-electron chi connectivity index (χ0n) is 10.6. The Morgan fingerprint density at radius 1 is 1.41 bits per heavy atom. The molecule has 0 bridgehead atoms. The predicted molar refractivity (Wildman–Crippen MR) is 63.6 cm³/mol. The van der Waals surface area contributed by atoms with Crippen molar-refractivity contribution in [2.45, 2.75) is 31.4 Å². The predicted octanol–water partition coefficient (Wildman–Crippen LogP) is -0.406. The van der Waals surface area contributed by atoms with Crippen molar-refractivity contribution in [3.8, 4) is 0 Å². The number of aliphatic hydroxyl groups is 1. The highest BCUT2D eigenvalue weighted by Gasteiger charge is 2.38. The molecule has 2 aliphatic rings. The van der Waals surface area contributed by atoms with Crippen molar-refractivity contribution in [2.75, 3.05) is 33.4 Å². The summed E-state index contributed by atoms with van der Waals surface area (Å²) in [7, 11) is 1.86. The molecule has 17 heavy (non-hydrogen) atoms. The number of piperidine rings is 1. The molecule has 98 valence electrons. The maximum atomic E-state index is 12.3. The molecule has 0 saturated carbocycles. The molecule has 1 amide bonds. The zero-order chi connectivity index (χ0) is 12.5. The Morgan fingerprint density at radius 3 is 2.65 bits per heavy atom. The Hall–Kier alpha value is -0.650. The summed E-state index contributed by atoms with van der Waals surface area (Å²) in [5.41, 5.74) is -0.606. The highest BCUT2D eigenvalue weighted by Crippen LogP contribution is 2.24. The second kappa shape index (κ2) is 4.92. The average Bonchev–Trinajstić information content (AvgIpc) is 2.76. The van der Waals surface area contributed by atoms with E-state index in [2.05, 4.69) is 5.32 Å². The number of nitrogens with zero attached hydrogens (tertiary/aromatic N) is 1. The maximum absolute atomic E-state index is 12.3. The molecule has 2 aliphatic heterocycles. The number of hydrogen-bond acceptors (Lipinski definition) is 4. The Balaban J connectivity index is 1.92. The van der Waals surface area contributed by atoms with Crippen molar-refractivity contribution in [3.05, 3.63) is 0 Å². The Morgan fingerprint density at radius 2 is 2.06 bits per heavy atom. The Bertz CT molecular complexity index is 283. The normalized spacial score (nSPS) is 32.8. The lowest BCUT2D eigenvalue weighted by atomic mass is 9.92. The fraction of sp³-hybridized carbons (Fsp3) is 0.917. The third-order valence-electron chi connectivity index (χ3n) is 3.92. The first-order valence-corrected chi connectivity index (χ1v) is 6.30. The highest BCUT2D eigenvalue weighted by molar-refractivity contribution is 5.80. The molecule has 0 spiro atoms. The monoisotopic (exact) mass is 242 g/mol. The molecular formula is C12H22N2O3. The van der Waals surface area contributed by atoms with Gasteiger partial charge in [0.15, 0.2) is 0 Å². The summed E-state index contributed by atoms with van der Waals surface area (Å²) in [5, 5.41) is 13.0. The average molecular weight is 242 g/mol. The van der Waals surface area contributed by atoms with Crippen molar-refractivity contribution in [1.29, 1.82) is 0 Å². The maximum Gasteiger partial charge on any atom is 0.229 e. The van der Waals surface area contributed by atoms with E-state index in [0.29, 0.717) is 39.1 Å². The zero-order valence-corrected chi connectivity index (χ0v) is 10.6. The minimum atomic E-state index is -0.606. The minimum absolute atomic E-state index is 0.0666. The molecule has 2 fully saturated rings. The second-order valence-electron chi connectivity index (χ2n) is 5.36. The van der Waals surface area contributed by atoms with Crippen LogP contribution in [0.25, 0.3) is 0 Å². The number of rotatable bonds is 2. The SMILES string of the molecule is CNC1COCC1C(=O)N1CCC(C)(O)CC1. The lowest BCUT2D eigenvalue weighted by molar-refractivity contribution is -0.139. The fourth-order valence-corrected chi connectivity index (χ4v) is 2.53. The molecule has 2 rings (SSSR count). The molecule has 0 aromatic heterocycles. The van der Waals surface area contributed by atoms with Gasteiger partial charge in [-0.3, -0.25) is 4.79 Å². The van der Waals surface area contributed by atoms with Crippen LogP contribution in [-0.2, 0) is 9.53 Å². The first-order valence-electron chi connectivity index (χ1n) is 6.30. The number of hydrogen-bond donors (Lipinski definition) is 2. The third-order valence-corrected chi connectivity index (χ3v) is 3.92. The first kappa shape index (κ1) is 12.8. The smallest absolute Gasteiger partial charge is 0.229 e. The van der Waals surface area contributed by atoms with Gasteiger partial charge in [-0.2, -0.15) is 0 Å². The number of likely N-dealkylation sites (tertiary alicyclic amines) is 1. The molecule has 0 aromatic rings. The lowest BCUT2D eigenvalue weighted by Gasteiger charge is -2.37. The van der Waals surface area contributed by atoms with Crippen molar-refractivity contribution < 1.29 is 14.6 Å². The van der Waals surface area contributed by atoms with E-state index < -0.39 is 5.60 Å². The first-order chi connectivity index (χ1) is 8.03. The number of ether oxygens (including phenoxy) is 1. The van der Waals surface area contributed by atoms with Gasteiger partial charge < -0.3 is 20.1 Å². The van der Waals surface area contributed by atoms with Crippen LogP contribution >= 0.6 is 0 Å². The molecule has 2 unspecified atom stereocenters. The molecule has 2 atom stereocenters. The van der Waals surface area contributed by atoms with Gasteiger partial charge in [-0.25, -0.2) is 0 Å². The van der Waals surface area contributed by atoms with Crippen LogP contribution < -0.4 is 5.32 Å². The number of carbonyl (C=O) groups is 1. The topological polar surface area (TPSA) is 61.8 Å². The summed E-state index contributed by atoms with van der Waals surface area (Å²) >= 11 is 0. The third kappa shape index (κ3) is 2.78. The van der Waals surface area contributed by atoms with E-state index in [1.807, 2.05) is 18.9 Å². The summed E-state index contributed by atoms with van der Waals surface area (Å²) in [5.74, 6) is 0.0976. The van der Waals surface area contributed by atoms with Gasteiger partial charge in [-0.15, -0.1) is 0 Å². The number of carbonyl (C=O) groups excluding carboxylic acids is 1. The van der Waals surface area contributed by atoms with E-state index in [1.54, 1.807) is 0 Å². The van der Waals surface area contributed by atoms with Crippen LogP contribution in [0.2, 0.25) is 0 Å². The van der Waals surface area contributed by atoms with Gasteiger partial charge in [0, 0.05) is 19.1 Å². The molecule has 0 aromatic carbocycles. The van der Waals surface area contributed by atoms with Gasteiger partial charge in [0.25, 0.3) is 0 Å². The van der Waals surface area contributed by atoms with E-state index in [1.165, 1.54) is 0 Å². The standard InChI is InChI=1S/C12H22N2O3/c1-12(16)3-5-14(6-4-12)11(15)9-7-17-8-10(9)13-2/h9-10,13,16H,3-8H2,1-2H3. The minimum Gasteiger partial charge on any atom is -0.390 e. The van der Waals surface area contributed by atoms with Crippen molar-refractivity contribution in [3.63, 3.8) is 0 Å².